The predicted octanol–water partition coefficient (Wildman–Crippen LogP) is -1.56. The molecule has 4 amide bonds. The van der Waals surface area contributed by atoms with Gasteiger partial charge in [0, 0.05) is 41.8 Å². The molecule has 0 aliphatic heterocycles. The van der Waals surface area contributed by atoms with Crippen molar-refractivity contribution >= 4 is 40.5 Å². The Morgan fingerprint density at radius 1 is 1.00 bits per heavy atom. The molecule has 0 fully saturated rings. The molecule has 14 heteroatoms. The SMILES string of the molecule is NC(=O)CCC(NC(=O)C(Cc1cnc[nH]1)NC(=O)CNC(=O)C(N)Cc1c[nH]c2ccccc12)C(=O)O. The van der Waals surface area contributed by atoms with Crippen molar-refractivity contribution in [1.29, 1.82) is 0 Å². The predicted molar refractivity (Wildman–Crippen MR) is 135 cm³/mol. The number of carboxylic acid groups (broad SMARTS) is 1. The number of nitrogens with one attached hydrogen (secondary N) is 5. The van der Waals surface area contributed by atoms with E-state index in [0.29, 0.717) is 5.69 Å². The van der Waals surface area contributed by atoms with Crippen LogP contribution in [0.3, 0.4) is 0 Å². The number of carbonyl (C=O) groups is 5. The van der Waals surface area contributed by atoms with Crippen LogP contribution >= 0.6 is 0 Å². The highest BCUT2D eigenvalue weighted by Gasteiger charge is 2.28. The first-order valence-electron chi connectivity index (χ1n) is 11.8. The van der Waals surface area contributed by atoms with Gasteiger partial charge in [0.2, 0.25) is 23.6 Å². The van der Waals surface area contributed by atoms with Crippen LogP contribution in [0.1, 0.15) is 24.1 Å². The van der Waals surface area contributed by atoms with Crippen molar-refractivity contribution in [3.63, 3.8) is 0 Å². The van der Waals surface area contributed by atoms with Gasteiger partial charge in [-0.05, 0) is 24.5 Å². The number of amides is 4. The van der Waals surface area contributed by atoms with E-state index in [1.165, 1.54) is 12.5 Å². The number of benzene rings is 1. The summed E-state index contributed by atoms with van der Waals surface area (Å²) >= 11 is 0. The summed E-state index contributed by atoms with van der Waals surface area (Å²) in [6.07, 6.45) is 4.34. The highest BCUT2D eigenvalue weighted by Crippen LogP contribution is 2.18. The number of carboxylic acids is 1. The second-order valence-electron chi connectivity index (χ2n) is 8.69. The van der Waals surface area contributed by atoms with E-state index in [1.54, 1.807) is 6.20 Å². The summed E-state index contributed by atoms with van der Waals surface area (Å²) in [5, 5.41) is 17.6. The molecule has 2 heterocycles. The summed E-state index contributed by atoms with van der Waals surface area (Å²) in [6.45, 7) is -0.461. The number of para-hydroxylation sites is 1. The van der Waals surface area contributed by atoms with Crippen molar-refractivity contribution in [2.75, 3.05) is 6.54 Å². The van der Waals surface area contributed by atoms with E-state index in [0.717, 1.165) is 16.5 Å². The molecule has 14 nitrogen and oxygen atoms in total. The molecular weight excluding hydrogens is 496 g/mol. The number of rotatable bonds is 14. The minimum absolute atomic E-state index is 0.0340. The van der Waals surface area contributed by atoms with E-state index in [9.17, 15) is 29.1 Å². The Morgan fingerprint density at radius 3 is 2.45 bits per heavy atom. The summed E-state index contributed by atoms with van der Waals surface area (Å²) in [5.41, 5.74) is 13.4. The Hall–Kier alpha value is -4.72. The molecule has 38 heavy (non-hydrogen) atoms. The van der Waals surface area contributed by atoms with E-state index < -0.39 is 54.3 Å². The lowest BCUT2D eigenvalue weighted by Crippen LogP contribution is -2.54. The first kappa shape index (κ1) is 27.9. The third-order valence-electron chi connectivity index (χ3n) is 5.80. The van der Waals surface area contributed by atoms with Gasteiger partial charge < -0.3 is 42.5 Å². The monoisotopic (exact) mass is 526 g/mol. The number of carbonyl (C=O) groups excluding carboxylic acids is 4. The van der Waals surface area contributed by atoms with E-state index in [-0.39, 0.29) is 25.7 Å². The van der Waals surface area contributed by atoms with Gasteiger partial charge in [-0.15, -0.1) is 0 Å². The Kier molecular flexibility index (Phi) is 9.54. The second kappa shape index (κ2) is 13.0. The van der Waals surface area contributed by atoms with Crippen molar-refractivity contribution in [3.8, 4) is 0 Å². The average Bonchev–Trinajstić information content (AvgIpc) is 3.54. The number of nitrogens with two attached hydrogens (primary N) is 2. The number of primary amides is 1. The molecule has 0 radical (unpaired) electrons. The Bertz CT molecular complexity index is 1290. The lowest BCUT2D eigenvalue weighted by atomic mass is 10.1. The number of aliphatic carboxylic acids is 1. The van der Waals surface area contributed by atoms with E-state index in [2.05, 4.69) is 30.9 Å². The third kappa shape index (κ3) is 7.89. The van der Waals surface area contributed by atoms with Crippen LogP contribution in [-0.4, -0.2) is 74.3 Å². The van der Waals surface area contributed by atoms with Gasteiger partial charge in [0.15, 0.2) is 0 Å². The van der Waals surface area contributed by atoms with Gasteiger partial charge >= 0.3 is 5.97 Å². The number of nitrogens with zero attached hydrogens (tertiary/aromatic N) is 1. The quantitative estimate of drug-likeness (QED) is 0.122. The highest BCUT2D eigenvalue weighted by atomic mass is 16.4. The van der Waals surface area contributed by atoms with Crippen molar-refractivity contribution in [2.24, 2.45) is 11.5 Å². The summed E-state index contributed by atoms with van der Waals surface area (Å²) in [6, 6.07) is 4.06. The minimum atomic E-state index is -1.39. The summed E-state index contributed by atoms with van der Waals surface area (Å²) in [7, 11) is 0. The van der Waals surface area contributed by atoms with Gasteiger partial charge in [-0.25, -0.2) is 9.78 Å². The van der Waals surface area contributed by atoms with Gasteiger partial charge in [0.05, 0.1) is 18.9 Å². The molecule has 10 N–H and O–H groups in total. The molecule has 202 valence electrons. The summed E-state index contributed by atoms with van der Waals surface area (Å²) in [4.78, 5) is 70.2. The second-order valence-corrected chi connectivity index (χ2v) is 8.69. The summed E-state index contributed by atoms with van der Waals surface area (Å²) < 4.78 is 0. The third-order valence-corrected chi connectivity index (χ3v) is 5.80. The van der Waals surface area contributed by atoms with Crippen molar-refractivity contribution in [2.45, 2.75) is 43.8 Å². The average molecular weight is 527 g/mol. The molecule has 0 spiro atoms. The number of H-pyrrole nitrogens is 2. The van der Waals surface area contributed by atoms with Crippen LogP contribution in [0.5, 0.6) is 0 Å². The lowest BCUT2D eigenvalue weighted by molar-refractivity contribution is -0.142. The molecule has 2 aromatic heterocycles. The normalized spacial score (nSPS) is 13.3. The first-order chi connectivity index (χ1) is 18.1. The summed E-state index contributed by atoms with van der Waals surface area (Å²) in [5.74, 6) is -4.12. The minimum Gasteiger partial charge on any atom is -0.480 e. The zero-order valence-electron chi connectivity index (χ0n) is 20.4. The first-order valence-corrected chi connectivity index (χ1v) is 11.8. The molecule has 0 saturated heterocycles. The van der Waals surface area contributed by atoms with E-state index in [1.807, 2.05) is 24.3 Å². The molecule has 0 aliphatic rings. The van der Waals surface area contributed by atoms with Crippen molar-refractivity contribution in [3.05, 3.63) is 54.2 Å². The van der Waals surface area contributed by atoms with Crippen LogP contribution in [0.25, 0.3) is 10.9 Å². The Balaban J connectivity index is 1.57. The van der Waals surface area contributed by atoms with Crippen LogP contribution in [0.2, 0.25) is 0 Å². The molecule has 0 aliphatic carbocycles. The van der Waals surface area contributed by atoms with E-state index >= 15 is 0 Å². The van der Waals surface area contributed by atoms with Gasteiger partial charge in [0.25, 0.3) is 0 Å². The molecule has 3 unspecified atom stereocenters. The highest BCUT2D eigenvalue weighted by molar-refractivity contribution is 5.93. The molecule has 3 atom stereocenters. The van der Waals surface area contributed by atoms with Crippen LogP contribution in [0, 0.1) is 0 Å². The zero-order valence-corrected chi connectivity index (χ0v) is 20.4. The van der Waals surface area contributed by atoms with Crippen LogP contribution in [-0.2, 0) is 36.8 Å². The fraction of sp³-hybridized carbons (Fsp3) is 0.333. The van der Waals surface area contributed by atoms with Gasteiger partial charge in [0.1, 0.15) is 12.1 Å². The maximum Gasteiger partial charge on any atom is 0.326 e. The largest absolute Gasteiger partial charge is 0.480 e. The standard InChI is InChI=1S/C24H30N8O6/c25-16(7-13-9-28-17-4-2-1-3-15(13)17)22(35)29-11-21(34)31-19(8-14-10-27-12-30-14)23(36)32-18(24(37)38)5-6-20(26)33/h1-4,9-10,12,16,18-19,28H,5-8,11,25H2,(H2,26,33)(H,27,30)(H,29,35)(H,31,34)(H,32,36)(H,37,38). The van der Waals surface area contributed by atoms with Gasteiger partial charge in [-0.2, -0.15) is 0 Å². The molecule has 0 saturated carbocycles. The number of aromatic nitrogens is 3. The number of hydrogen-bond acceptors (Lipinski definition) is 7. The van der Waals surface area contributed by atoms with Crippen LogP contribution in [0.15, 0.2) is 43.0 Å². The maximum absolute atomic E-state index is 12.8. The topological polar surface area (TPSA) is 238 Å². The maximum atomic E-state index is 12.8. The lowest BCUT2D eigenvalue weighted by Gasteiger charge is -2.21. The Labute approximate surface area is 216 Å². The van der Waals surface area contributed by atoms with E-state index in [4.69, 9.17) is 11.5 Å². The van der Waals surface area contributed by atoms with Gasteiger partial charge in [-0.1, -0.05) is 18.2 Å². The number of aromatic amines is 2. The van der Waals surface area contributed by atoms with Crippen LogP contribution in [0.4, 0.5) is 0 Å². The van der Waals surface area contributed by atoms with Gasteiger partial charge in [-0.3, -0.25) is 19.2 Å². The number of imidazole rings is 1. The molecule has 3 aromatic rings. The molecule has 1 aromatic carbocycles. The number of fused-ring (bicyclic) bond motifs is 1. The van der Waals surface area contributed by atoms with Crippen LogP contribution < -0.4 is 27.4 Å². The fourth-order valence-corrected chi connectivity index (χ4v) is 3.82. The molecule has 3 rings (SSSR count). The number of hydrogen-bond donors (Lipinski definition) is 8. The van der Waals surface area contributed by atoms with Crippen molar-refractivity contribution < 1.29 is 29.1 Å². The Morgan fingerprint density at radius 2 is 1.76 bits per heavy atom. The fourth-order valence-electron chi connectivity index (χ4n) is 3.82. The molecule has 0 bridgehead atoms. The zero-order chi connectivity index (χ0) is 27.7. The van der Waals surface area contributed by atoms with Crippen molar-refractivity contribution in [1.82, 2.24) is 30.9 Å². The smallest absolute Gasteiger partial charge is 0.326 e. The molecular formula is C24H30N8O6.